The van der Waals surface area contributed by atoms with E-state index in [9.17, 15) is 0 Å². The number of hydrogen-bond acceptors (Lipinski definition) is 7. The molecule has 8 nitrogen and oxygen atoms in total. The van der Waals surface area contributed by atoms with Crippen molar-refractivity contribution < 1.29 is 28.4 Å². The van der Waals surface area contributed by atoms with E-state index in [0.717, 1.165) is 30.6 Å². The SMILES string of the molecule is COc1cc([C@H]2c3cccn3CCCN2Cc2ccc(OC)c(OC)c2OC)cc(OC)c1OC. The number of nitrogens with zero attached hydrogens (tertiary/aromatic N) is 2. The fraction of sp³-hybridized carbons (Fsp3) is 0.407. The van der Waals surface area contributed by atoms with Gasteiger partial charge in [0.1, 0.15) is 0 Å². The molecule has 0 bridgehead atoms. The van der Waals surface area contributed by atoms with Gasteiger partial charge in [0.15, 0.2) is 23.0 Å². The zero-order valence-electron chi connectivity index (χ0n) is 21.3. The van der Waals surface area contributed by atoms with Gasteiger partial charge in [-0.25, -0.2) is 0 Å². The average Bonchev–Trinajstić information content (AvgIpc) is 3.28. The summed E-state index contributed by atoms with van der Waals surface area (Å²) >= 11 is 0. The molecule has 0 saturated carbocycles. The Morgan fingerprint density at radius 1 is 0.714 bits per heavy atom. The lowest BCUT2D eigenvalue weighted by atomic mass is 9.99. The van der Waals surface area contributed by atoms with E-state index < -0.39 is 0 Å². The predicted molar refractivity (Wildman–Crippen MR) is 133 cm³/mol. The molecular formula is C27H34N2O6. The van der Waals surface area contributed by atoms with Crippen LogP contribution in [0, 0.1) is 0 Å². The molecule has 3 aromatic rings. The largest absolute Gasteiger partial charge is 0.493 e. The summed E-state index contributed by atoms with van der Waals surface area (Å²) in [6.07, 6.45) is 3.15. The van der Waals surface area contributed by atoms with Gasteiger partial charge in [-0.15, -0.1) is 0 Å². The quantitative estimate of drug-likeness (QED) is 0.444. The Bertz CT molecular complexity index is 1130. The number of fused-ring (bicyclic) bond motifs is 1. The Kier molecular flexibility index (Phi) is 7.60. The Balaban J connectivity index is 1.84. The van der Waals surface area contributed by atoms with Crippen LogP contribution in [-0.4, -0.2) is 58.7 Å². The highest BCUT2D eigenvalue weighted by Crippen LogP contribution is 2.45. The molecule has 188 valence electrons. The summed E-state index contributed by atoms with van der Waals surface area (Å²) in [5.74, 6) is 3.75. The highest BCUT2D eigenvalue weighted by Gasteiger charge is 2.31. The number of hydrogen-bond donors (Lipinski definition) is 0. The minimum Gasteiger partial charge on any atom is -0.493 e. The van der Waals surface area contributed by atoms with Crippen LogP contribution in [-0.2, 0) is 13.1 Å². The maximum Gasteiger partial charge on any atom is 0.203 e. The smallest absolute Gasteiger partial charge is 0.203 e. The fourth-order valence-corrected chi connectivity index (χ4v) is 4.96. The van der Waals surface area contributed by atoms with Crippen LogP contribution in [0.25, 0.3) is 0 Å². The summed E-state index contributed by atoms with van der Waals surface area (Å²) in [5, 5.41) is 0. The molecule has 35 heavy (non-hydrogen) atoms. The second-order valence-corrected chi connectivity index (χ2v) is 8.31. The lowest BCUT2D eigenvalue weighted by Crippen LogP contribution is -2.29. The van der Waals surface area contributed by atoms with Crippen LogP contribution >= 0.6 is 0 Å². The minimum absolute atomic E-state index is 0.0426. The zero-order valence-corrected chi connectivity index (χ0v) is 21.3. The van der Waals surface area contributed by atoms with E-state index in [2.05, 4.69) is 27.8 Å². The highest BCUT2D eigenvalue weighted by atomic mass is 16.5. The first-order valence-electron chi connectivity index (χ1n) is 11.6. The fourth-order valence-electron chi connectivity index (χ4n) is 4.96. The summed E-state index contributed by atoms with van der Waals surface area (Å²) in [7, 11) is 9.81. The van der Waals surface area contributed by atoms with Gasteiger partial charge >= 0.3 is 0 Å². The maximum atomic E-state index is 5.79. The van der Waals surface area contributed by atoms with E-state index in [1.165, 1.54) is 5.69 Å². The molecule has 0 radical (unpaired) electrons. The molecule has 8 heteroatoms. The topological polar surface area (TPSA) is 63.6 Å². The van der Waals surface area contributed by atoms with E-state index in [-0.39, 0.29) is 6.04 Å². The zero-order chi connectivity index (χ0) is 24.9. The first kappa shape index (κ1) is 24.6. The number of aryl methyl sites for hydroxylation is 1. The van der Waals surface area contributed by atoms with Gasteiger partial charge in [0.05, 0.1) is 48.7 Å². The van der Waals surface area contributed by atoms with E-state index in [1.54, 1.807) is 42.7 Å². The summed E-state index contributed by atoms with van der Waals surface area (Å²) < 4.78 is 36.1. The number of benzene rings is 2. The minimum atomic E-state index is -0.0426. The number of aromatic nitrogens is 1. The molecule has 1 atom stereocenters. The van der Waals surface area contributed by atoms with Gasteiger partial charge in [-0.2, -0.15) is 0 Å². The second kappa shape index (κ2) is 10.8. The summed E-state index contributed by atoms with van der Waals surface area (Å²) in [5.41, 5.74) is 3.28. The number of methoxy groups -OCH3 is 6. The molecule has 0 fully saturated rings. The monoisotopic (exact) mass is 482 g/mol. The lowest BCUT2D eigenvalue weighted by molar-refractivity contribution is 0.215. The molecule has 0 saturated heterocycles. The predicted octanol–water partition coefficient (Wildman–Crippen LogP) is 4.54. The van der Waals surface area contributed by atoms with Gasteiger partial charge < -0.3 is 33.0 Å². The maximum absolute atomic E-state index is 5.79. The Morgan fingerprint density at radius 3 is 1.97 bits per heavy atom. The van der Waals surface area contributed by atoms with Gasteiger partial charge in [-0.1, -0.05) is 6.07 Å². The van der Waals surface area contributed by atoms with Crippen LogP contribution in [0.3, 0.4) is 0 Å². The summed E-state index contributed by atoms with van der Waals surface area (Å²) in [6.45, 7) is 2.49. The van der Waals surface area contributed by atoms with Crippen molar-refractivity contribution in [1.29, 1.82) is 0 Å². The van der Waals surface area contributed by atoms with Crippen molar-refractivity contribution in [2.24, 2.45) is 0 Å². The first-order valence-corrected chi connectivity index (χ1v) is 11.6. The number of ether oxygens (including phenoxy) is 6. The van der Waals surface area contributed by atoms with E-state index in [0.29, 0.717) is 41.0 Å². The summed E-state index contributed by atoms with van der Waals surface area (Å²) in [4.78, 5) is 2.45. The van der Waals surface area contributed by atoms with E-state index in [4.69, 9.17) is 28.4 Å². The summed E-state index contributed by atoms with van der Waals surface area (Å²) in [6, 6.07) is 12.3. The third kappa shape index (κ3) is 4.58. The average molecular weight is 483 g/mol. The van der Waals surface area contributed by atoms with Crippen LogP contribution in [0.15, 0.2) is 42.6 Å². The molecule has 1 aliphatic heterocycles. The van der Waals surface area contributed by atoms with Crippen LogP contribution < -0.4 is 28.4 Å². The molecule has 0 aliphatic carbocycles. The van der Waals surface area contributed by atoms with Crippen LogP contribution in [0.2, 0.25) is 0 Å². The van der Waals surface area contributed by atoms with E-state index in [1.807, 2.05) is 24.3 Å². The van der Waals surface area contributed by atoms with Crippen LogP contribution in [0.5, 0.6) is 34.5 Å². The molecule has 2 aromatic carbocycles. The van der Waals surface area contributed by atoms with Gasteiger partial charge in [-0.3, -0.25) is 4.90 Å². The molecule has 0 amide bonds. The van der Waals surface area contributed by atoms with Gasteiger partial charge in [0, 0.05) is 37.1 Å². The molecule has 1 aromatic heterocycles. The van der Waals surface area contributed by atoms with Crippen molar-refractivity contribution in [3.63, 3.8) is 0 Å². The second-order valence-electron chi connectivity index (χ2n) is 8.31. The Labute approximate surface area is 206 Å². The number of rotatable bonds is 9. The van der Waals surface area contributed by atoms with Crippen molar-refractivity contribution in [2.45, 2.75) is 25.6 Å². The molecule has 4 rings (SSSR count). The van der Waals surface area contributed by atoms with Gasteiger partial charge in [0.25, 0.3) is 0 Å². The standard InChI is InChI=1S/C27H34N2O6/c1-30-21-11-10-18(25(33-4)27(21)35-6)17-29-14-8-13-28-12-7-9-20(28)24(29)19-15-22(31-2)26(34-5)23(16-19)32-3/h7,9-12,15-16,24H,8,13-14,17H2,1-6H3/t24-/m0/s1. The van der Waals surface area contributed by atoms with Crippen molar-refractivity contribution in [3.8, 4) is 34.5 Å². The molecule has 0 unspecified atom stereocenters. The molecule has 1 aliphatic rings. The normalized spacial score (nSPS) is 15.7. The molecule has 0 N–H and O–H groups in total. The van der Waals surface area contributed by atoms with Gasteiger partial charge in [0.2, 0.25) is 11.5 Å². The van der Waals surface area contributed by atoms with Crippen molar-refractivity contribution in [3.05, 3.63) is 59.4 Å². The lowest BCUT2D eigenvalue weighted by Gasteiger charge is -2.32. The third-order valence-electron chi connectivity index (χ3n) is 6.52. The van der Waals surface area contributed by atoms with Crippen molar-refractivity contribution in [2.75, 3.05) is 49.2 Å². The highest BCUT2D eigenvalue weighted by molar-refractivity contribution is 5.57. The van der Waals surface area contributed by atoms with Crippen LogP contribution in [0.4, 0.5) is 0 Å². The van der Waals surface area contributed by atoms with E-state index >= 15 is 0 Å². The molecular weight excluding hydrogens is 448 g/mol. The molecule has 0 spiro atoms. The first-order chi connectivity index (χ1) is 17.1. The Morgan fingerprint density at radius 2 is 1.37 bits per heavy atom. The van der Waals surface area contributed by atoms with Gasteiger partial charge in [-0.05, 0) is 42.3 Å². The van der Waals surface area contributed by atoms with Crippen molar-refractivity contribution >= 4 is 0 Å². The van der Waals surface area contributed by atoms with Crippen molar-refractivity contribution in [1.82, 2.24) is 9.47 Å². The molecule has 2 heterocycles. The third-order valence-corrected chi connectivity index (χ3v) is 6.52. The Hall–Kier alpha value is -3.52. The van der Waals surface area contributed by atoms with Crippen LogP contribution in [0.1, 0.15) is 29.3 Å².